The Morgan fingerprint density at radius 1 is 1.12 bits per heavy atom. The molecule has 0 unspecified atom stereocenters. The third-order valence-corrected chi connectivity index (χ3v) is 3.37. The van der Waals surface area contributed by atoms with E-state index in [-0.39, 0.29) is 0 Å². The lowest BCUT2D eigenvalue weighted by atomic mass is 10.2. The van der Waals surface area contributed by atoms with Gasteiger partial charge in [-0.15, -0.1) is 0 Å². The van der Waals surface area contributed by atoms with Crippen molar-refractivity contribution in [2.75, 3.05) is 19.7 Å². The van der Waals surface area contributed by atoms with E-state index < -0.39 is 0 Å². The first-order valence-corrected chi connectivity index (χ1v) is 8.39. The van der Waals surface area contributed by atoms with Gasteiger partial charge in [-0.25, -0.2) is 4.99 Å². The zero-order chi connectivity index (χ0) is 17.0. The van der Waals surface area contributed by atoms with Gasteiger partial charge in [-0.3, -0.25) is 4.98 Å². The van der Waals surface area contributed by atoms with Crippen LogP contribution in [0.15, 0.2) is 53.7 Å². The Labute approximate surface area is 144 Å². The SMILES string of the molecule is CCNC(=NCc1ccccn1)NCCCOc1ccc(C)cc1. The summed E-state index contributed by atoms with van der Waals surface area (Å²) in [7, 11) is 0. The second-order valence-corrected chi connectivity index (χ2v) is 5.46. The highest BCUT2D eigenvalue weighted by molar-refractivity contribution is 5.79. The molecule has 0 aliphatic carbocycles. The van der Waals surface area contributed by atoms with E-state index in [1.165, 1.54) is 5.56 Å². The molecule has 0 aliphatic rings. The Balaban J connectivity index is 1.70. The second kappa shape index (κ2) is 10.3. The molecule has 1 aromatic carbocycles. The van der Waals surface area contributed by atoms with E-state index in [1.54, 1.807) is 6.20 Å². The molecule has 0 saturated heterocycles. The highest BCUT2D eigenvalue weighted by atomic mass is 16.5. The van der Waals surface area contributed by atoms with E-state index in [1.807, 2.05) is 30.3 Å². The summed E-state index contributed by atoms with van der Waals surface area (Å²) in [6.07, 6.45) is 2.69. The van der Waals surface area contributed by atoms with Crippen LogP contribution in [0.25, 0.3) is 0 Å². The van der Waals surface area contributed by atoms with Gasteiger partial charge in [-0.1, -0.05) is 23.8 Å². The number of hydrogen-bond donors (Lipinski definition) is 2. The molecule has 0 spiro atoms. The van der Waals surface area contributed by atoms with Crippen LogP contribution in [0.1, 0.15) is 24.6 Å². The molecule has 24 heavy (non-hydrogen) atoms. The molecule has 0 radical (unpaired) electrons. The number of aromatic nitrogens is 1. The number of ether oxygens (including phenoxy) is 1. The number of benzene rings is 1. The number of nitrogens with zero attached hydrogens (tertiary/aromatic N) is 2. The number of aliphatic imine (C=N–C) groups is 1. The standard InChI is InChI=1S/C19H26N4O/c1-3-20-19(23-15-17-7-4-5-12-21-17)22-13-6-14-24-18-10-8-16(2)9-11-18/h4-5,7-12H,3,6,13-15H2,1-2H3,(H2,20,22,23). The van der Waals surface area contributed by atoms with Gasteiger partial charge in [0.2, 0.25) is 0 Å². The lowest BCUT2D eigenvalue weighted by Gasteiger charge is -2.11. The molecule has 0 bridgehead atoms. The van der Waals surface area contributed by atoms with Crippen molar-refractivity contribution in [3.63, 3.8) is 0 Å². The summed E-state index contributed by atoms with van der Waals surface area (Å²) in [5, 5.41) is 6.56. The summed E-state index contributed by atoms with van der Waals surface area (Å²) in [4.78, 5) is 8.82. The predicted octanol–water partition coefficient (Wildman–Crippen LogP) is 2.91. The van der Waals surface area contributed by atoms with Crippen LogP contribution in [-0.2, 0) is 6.54 Å². The Bertz CT molecular complexity index is 611. The second-order valence-electron chi connectivity index (χ2n) is 5.46. The van der Waals surface area contributed by atoms with Crippen molar-refractivity contribution in [3.05, 3.63) is 59.9 Å². The zero-order valence-corrected chi connectivity index (χ0v) is 14.5. The Kier molecular flexibility index (Phi) is 7.60. The molecule has 2 aromatic rings. The molecular formula is C19H26N4O. The first-order chi connectivity index (χ1) is 11.8. The number of nitrogens with one attached hydrogen (secondary N) is 2. The fraction of sp³-hybridized carbons (Fsp3) is 0.368. The summed E-state index contributed by atoms with van der Waals surface area (Å²) >= 11 is 0. The van der Waals surface area contributed by atoms with E-state index in [0.717, 1.165) is 36.9 Å². The first-order valence-electron chi connectivity index (χ1n) is 8.39. The number of hydrogen-bond acceptors (Lipinski definition) is 3. The molecule has 5 heteroatoms. The largest absolute Gasteiger partial charge is 0.494 e. The summed E-state index contributed by atoms with van der Waals surface area (Å²) in [5.41, 5.74) is 2.20. The lowest BCUT2D eigenvalue weighted by molar-refractivity contribution is 0.311. The average Bonchev–Trinajstić information content (AvgIpc) is 2.62. The maximum absolute atomic E-state index is 5.72. The predicted molar refractivity (Wildman–Crippen MR) is 98.3 cm³/mol. The number of guanidine groups is 1. The van der Waals surface area contributed by atoms with E-state index in [0.29, 0.717) is 13.2 Å². The number of pyridine rings is 1. The highest BCUT2D eigenvalue weighted by Crippen LogP contribution is 2.11. The summed E-state index contributed by atoms with van der Waals surface area (Å²) in [6.45, 7) is 7.00. The van der Waals surface area contributed by atoms with Gasteiger partial charge in [0.25, 0.3) is 0 Å². The number of aryl methyl sites for hydroxylation is 1. The highest BCUT2D eigenvalue weighted by Gasteiger charge is 1.98. The molecule has 1 aromatic heterocycles. The van der Waals surface area contributed by atoms with Crippen LogP contribution >= 0.6 is 0 Å². The van der Waals surface area contributed by atoms with Crippen molar-refractivity contribution >= 4 is 5.96 Å². The van der Waals surface area contributed by atoms with Crippen molar-refractivity contribution in [2.24, 2.45) is 4.99 Å². The smallest absolute Gasteiger partial charge is 0.191 e. The normalized spacial score (nSPS) is 11.2. The zero-order valence-electron chi connectivity index (χ0n) is 14.5. The summed E-state index contributed by atoms with van der Waals surface area (Å²) in [6, 6.07) is 14.0. The van der Waals surface area contributed by atoms with Crippen LogP contribution < -0.4 is 15.4 Å². The van der Waals surface area contributed by atoms with E-state index in [2.05, 4.69) is 46.6 Å². The van der Waals surface area contributed by atoms with E-state index >= 15 is 0 Å². The molecule has 1 heterocycles. The van der Waals surface area contributed by atoms with Crippen LogP contribution in [0, 0.1) is 6.92 Å². The molecule has 0 atom stereocenters. The first kappa shape index (κ1) is 17.8. The van der Waals surface area contributed by atoms with Crippen molar-refractivity contribution < 1.29 is 4.74 Å². The van der Waals surface area contributed by atoms with Gasteiger partial charge in [0.15, 0.2) is 5.96 Å². The minimum Gasteiger partial charge on any atom is -0.494 e. The van der Waals surface area contributed by atoms with Crippen LogP contribution in [0.4, 0.5) is 0 Å². The third kappa shape index (κ3) is 6.69. The van der Waals surface area contributed by atoms with Crippen LogP contribution in [0.2, 0.25) is 0 Å². The van der Waals surface area contributed by atoms with E-state index in [9.17, 15) is 0 Å². The van der Waals surface area contributed by atoms with Gasteiger partial charge in [-0.05, 0) is 44.5 Å². The third-order valence-electron chi connectivity index (χ3n) is 3.37. The van der Waals surface area contributed by atoms with Gasteiger partial charge in [0.05, 0.1) is 18.8 Å². The monoisotopic (exact) mass is 326 g/mol. The van der Waals surface area contributed by atoms with E-state index in [4.69, 9.17) is 4.74 Å². The minimum atomic E-state index is 0.566. The fourth-order valence-corrected chi connectivity index (χ4v) is 2.10. The molecule has 128 valence electrons. The van der Waals surface area contributed by atoms with Crippen molar-refractivity contribution in [3.8, 4) is 5.75 Å². The molecule has 0 amide bonds. The molecule has 0 fully saturated rings. The average molecular weight is 326 g/mol. The summed E-state index contributed by atoms with van der Waals surface area (Å²) < 4.78 is 5.72. The minimum absolute atomic E-state index is 0.566. The molecule has 5 nitrogen and oxygen atoms in total. The summed E-state index contributed by atoms with van der Waals surface area (Å²) in [5.74, 6) is 1.72. The molecule has 0 saturated carbocycles. The molecule has 2 rings (SSSR count). The quantitative estimate of drug-likeness (QED) is 0.445. The molecular weight excluding hydrogens is 300 g/mol. The van der Waals surface area contributed by atoms with Gasteiger partial charge in [-0.2, -0.15) is 0 Å². The van der Waals surface area contributed by atoms with Gasteiger partial charge in [0, 0.05) is 19.3 Å². The lowest BCUT2D eigenvalue weighted by Crippen LogP contribution is -2.38. The number of rotatable bonds is 8. The van der Waals surface area contributed by atoms with Gasteiger partial charge >= 0.3 is 0 Å². The van der Waals surface area contributed by atoms with Crippen molar-refractivity contribution in [1.29, 1.82) is 0 Å². The van der Waals surface area contributed by atoms with Gasteiger partial charge in [0.1, 0.15) is 5.75 Å². The van der Waals surface area contributed by atoms with Gasteiger partial charge < -0.3 is 15.4 Å². The van der Waals surface area contributed by atoms with Crippen LogP contribution in [0.5, 0.6) is 5.75 Å². The Morgan fingerprint density at radius 2 is 1.96 bits per heavy atom. The Morgan fingerprint density at radius 3 is 2.67 bits per heavy atom. The fourth-order valence-electron chi connectivity index (χ4n) is 2.10. The Hall–Kier alpha value is -2.56. The molecule has 2 N–H and O–H groups in total. The molecule has 0 aliphatic heterocycles. The van der Waals surface area contributed by atoms with Crippen LogP contribution in [0.3, 0.4) is 0 Å². The topological polar surface area (TPSA) is 58.5 Å². The maximum Gasteiger partial charge on any atom is 0.191 e. The van der Waals surface area contributed by atoms with Crippen molar-refractivity contribution in [1.82, 2.24) is 15.6 Å². The van der Waals surface area contributed by atoms with Crippen molar-refractivity contribution in [2.45, 2.75) is 26.8 Å². The maximum atomic E-state index is 5.72. The van der Waals surface area contributed by atoms with Crippen LogP contribution in [-0.4, -0.2) is 30.6 Å².